The van der Waals surface area contributed by atoms with E-state index in [-0.39, 0.29) is 17.9 Å². The summed E-state index contributed by atoms with van der Waals surface area (Å²) in [5, 5.41) is 15.3. The third kappa shape index (κ3) is 2.84. The Labute approximate surface area is 129 Å². The van der Waals surface area contributed by atoms with Crippen molar-refractivity contribution in [3.8, 4) is 0 Å². The number of nitrogens with zero attached hydrogens (tertiary/aromatic N) is 1. The van der Waals surface area contributed by atoms with Gasteiger partial charge in [-0.25, -0.2) is 0 Å². The Morgan fingerprint density at radius 1 is 1.32 bits per heavy atom. The van der Waals surface area contributed by atoms with Gasteiger partial charge in [-0.1, -0.05) is 18.2 Å². The number of hydrogen-bond donors (Lipinski definition) is 3. The number of β-amino-alcohol motifs (C(OH)–C–C–N with tert-alkyl or cyclic N) is 1. The number of carbonyl (C=O) groups is 2. The summed E-state index contributed by atoms with van der Waals surface area (Å²) in [6.07, 6.45) is 0.495. The molecule has 2 aliphatic heterocycles. The van der Waals surface area contributed by atoms with Gasteiger partial charge in [0, 0.05) is 18.3 Å². The molecule has 0 radical (unpaired) electrons. The summed E-state index contributed by atoms with van der Waals surface area (Å²) in [7, 11) is 0. The van der Waals surface area contributed by atoms with E-state index in [0.717, 1.165) is 5.69 Å². The zero-order chi connectivity index (χ0) is 15.7. The van der Waals surface area contributed by atoms with Crippen molar-refractivity contribution in [2.24, 2.45) is 0 Å². The standard InChI is InChI=1S/C16H21N3O3/c1-10-7-14(18-15(21)13-8-12(20)9-17-13)16(22)19(10)11-5-3-2-4-6-11/h2-6,10,12-14,17,20H,7-9H2,1H3,(H,18,21)/t10-,12+,13+,14+/m1/s1. The molecule has 0 aromatic heterocycles. The highest BCUT2D eigenvalue weighted by Gasteiger charge is 2.40. The van der Waals surface area contributed by atoms with Crippen molar-refractivity contribution in [3.05, 3.63) is 30.3 Å². The summed E-state index contributed by atoms with van der Waals surface area (Å²) in [5.41, 5.74) is 0.853. The van der Waals surface area contributed by atoms with Crippen molar-refractivity contribution in [2.75, 3.05) is 11.4 Å². The maximum atomic E-state index is 12.6. The molecule has 1 aromatic rings. The first-order valence-electron chi connectivity index (χ1n) is 7.66. The highest BCUT2D eigenvalue weighted by Crippen LogP contribution is 2.26. The van der Waals surface area contributed by atoms with E-state index in [1.54, 1.807) is 4.90 Å². The van der Waals surface area contributed by atoms with Crippen molar-refractivity contribution >= 4 is 17.5 Å². The first kappa shape index (κ1) is 15.0. The lowest BCUT2D eigenvalue weighted by atomic mass is 10.1. The van der Waals surface area contributed by atoms with Crippen LogP contribution in [-0.2, 0) is 9.59 Å². The smallest absolute Gasteiger partial charge is 0.249 e. The van der Waals surface area contributed by atoms with E-state index in [1.807, 2.05) is 37.3 Å². The molecular formula is C16H21N3O3. The SMILES string of the molecule is C[C@@H]1C[C@H](NC(=O)[C@@H]2C[C@H](O)CN2)C(=O)N1c1ccccc1. The molecule has 0 aliphatic carbocycles. The number of aliphatic hydroxyl groups excluding tert-OH is 1. The first-order valence-corrected chi connectivity index (χ1v) is 7.66. The van der Waals surface area contributed by atoms with E-state index < -0.39 is 18.2 Å². The van der Waals surface area contributed by atoms with Crippen LogP contribution in [0.25, 0.3) is 0 Å². The maximum absolute atomic E-state index is 12.6. The monoisotopic (exact) mass is 303 g/mol. The number of aliphatic hydroxyl groups is 1. The lowest BCUT2D eigenvalue weighted by Gasteiger charge is -2.21. The van der Waals surface area contributed by atoms with Gasteiger partial charge in [-0.05, 0) is 31.9 Å². The highest BCUT2D eigenvalue weighted by atomic mass is 16.3. The van der Waals surface area contributed by atoms with Crippen LogP contribution in [0, 0.1) is 0 Å². The molecule has 4 atom stereocenters. The predicted octanol–water partition coefficient (Wildman–Crippen LogP) is 0.0194. The lowest BCUT2D eigenvalue weighted by Crippen LogP contribution is -2.48. The average Bonchev–Trinajstić information content (AvgIpc) is 3.05. The van der Waals surface area contributed by atoms with Crippen molar-refractivity contribution in [2.45, 2.75) is 44.0 Å². The molecule has 6 heteroatoms. The highest BCUT2D eigenvalue weighted by molar-refractivity contribution is 6.02. The zero-order valence-electron chi connectivity index (χ0n) is 12.5. The van der Waals surface area contributed by atoms with E-state index in [2.05, 4.69) is 10.6 Å². The number of carbonyl (C=O) groups excluding carboxylic acids is 2. The van der Waals surface area contributed by atoms with Crippen molar-refractivity contribution in [3.63, 3.8) is 0 Å². The van der Waals surface area contributed by atoms with Crippen LogP contribution in [0.5, 0.6) is 0 Å². The van der Waals surface area contributed by atoms with Gasteiger partial charge in [0.05, 0.1) is 12.1 Å². The minimum absolute atomic E-state index is 0.0438. The average molecular weight is 303 g/mol. The van der Waals surface area contributed by atoms with Gasteiger partial charge in [0.2, 0.25) is 11.8 Å². The molecule has 2 heterocycles. The maximum Gasteiger partial charge on any atom is 0.249 e. The van der Waals surface area contributed by atoms with Gasteiger partial charge in [-0.3, -0.25) is 9.59 Å². The largest absolute Gasteiger partial charge is 0.392 e. The van der Waals surface area contributed by atoms with E-state index in [0.29, 0.717) is 19.4 Å². The quantitative estimate of drug-likeness (QED) is 0.735. The second-order valence-electron chi connectivity index (χ2n) is 6.04. The van der Waals surface area contributed by atoms with E-state index >= 15 is 0 Å². The Hall–Kier alpha value is -1.92. The van der Waals surface area contributed by atoms with Crippen LogP contribution in [0.3, 0.4) is 0 Å². The van der Waals surface area contributed by atoms with Crippen molar-refractivity contribution in [1.29, 1.82) is 0 Å². The fraction of sp³-hybridized carbons (Fsp3) is 0.500. The summed E-state index contributed by atoms with van der Waals surface area (Å²) in [5.74, 6) is -0.289. The van der Waals surface area contributed by atoms with Gasteiger partial charge >= 0.3 is 0 Å². The molecule has 2 saturated heterocycles. The third-order valence-corrected chi connectivity index (χ3v) is 4.33. The molecule has 2 aliphatic rings. The molecule has 0 spiro atoms. The number of anilines is 1. The fourth-order valence-corrected chi connectivity index (χ4v) is 3.21. The Morgan fingerprint density at radius 2 is 2.05 bits per heavy atom. The van der Waals surface area contributed by atoms with Crippen molar-refractivity contribution in [1.82, 2.24) is 10.6 Å². The molecule has 6 nitrogen and oxygen atoms in total. The van der Waals surface area contributed by atoms with Gasteiger partial charge in [-0.15, -0.1) is 0 Å². The number of benzene rings is 1. The zero-order valence-corrected chi connectivity index (χ0v) is 12.5. The van der Waals surface area contributed by atoms with Gasteiger partial charge < -0.3 is 20.6 Å². The summed E-state index contributed by atoms with van der Waals surface area (Å²) < 4.78 is 0. The molecule has 0 bridgehead atoms. The third-order valence-electron chi connectivity index (χ3n) is 4.33. The molecule has 2 fully saturated rings. The number of rotatable bonds is 3. The topological polar surface area (TPSA) is 81.7 Å². The summed E-state index contributed by atoms with van der Waals surface area (Å²) >= 11 is 0. The second-order valence-corrected chi connectivity index (χ2v) is 6.04. The molecule has 3 N–H and O–H groups in total. The molecule has 2 amide bonds. The number of hydrogen-bond acceptors (Lipinski definition) is 4. The molecule has 118 valence electrons. The first-order chi connectivity index (χ1) is 10.6. The molecule has 22 heavy (non-hydrogen) atoms. The molecule has 0 saturated carbocycles. The van der Waals surface area contributed by atoms with Gasteiger partial charge in [0.15, 0.2) is 0 Å². The normalized spacial score (nSPS) is 31.5. The number of para-hydroxylation sites is 1. The predicted molar refractivity (Wildman–Crippen MR) is 82.4 cm³/mol. The van der Waals surface area contributed by atoms with Crippen LogP contribution in [-0.4, -0.2) is 47.7 Å². The fourth-order valence-electron chi connectivity index (χ4n) is 3.21. The summed E-state index contributed by atoms with van der Waals surface area (Å²) in [6.45, 7) is 2.40. The Kier molecular flexibility index (Phi) is 4.13. The molecular weight excluding hydrogens is 282 g/mol. The lowest BCUT2D eigenvalue weighted by molar-refractivity contribution is -0.127. The van der Waals surface area contributed by atoms with Crippen molar-refractivity contribution < 1.29 is 14.7 Å². The Morgan fingerprint density at radius 3 is 2.68 bits per heavy atom. The van der Waals surface area contributed by atoms with Gasteiger partial charge in [0.25, 0.3) is 0 Å². The van der Waals surface area contributed by atoms with Crippen LogP contribution in [0.15, 0.2) is 30.3 Å². The van der Waals surface area contributed by atoms with Crippen LogP contribution >= 0.6 is 0 Å². The molecule has 3 rings (SSSR count). The minimum Gasteiger partial charge on any atom is -0.392 e. The van der Waals surface area contributed by atoms with E-state index in [1.165, 1.54) is 0 Å². The number of nitrogens with one attached hydrogen (secondary N) is 2. The van der Waals surface area contributed by atoms with Crippen LogP contribution in [0.1, 0.15) is 19.8 Å². The van der Waals surface area contributed by atoms with Crippen LogP contribution < -0.4 is 15.5 Å². The molecule has 1 aromatic carbocycles. The van der Waals surface area contributed by atoms with Crippen LogP contribution in [0.2, 0.25) is 0 Å². The van der Waals surface area contributed by atoms with E-state index in [9.17, 15) is 14.7 Å². The Bertz CT molecular complexity index is 563. The van der Waals surface area contributed by atoms with Gasteiger partial charge in [0.1, 0.15) is 6.04 Å². The van der Waals surface area contributed by atoms with Crippen LogP contribution in [0.4, 0.5) is 5.69 Å². The van der Waals surface area contributed by atoms with E-state index in [4.69, 9.17) is 0 Å². The second kappa shape index (κ2) is 6.06. The Balaban J connectivity index is 1.66. The van der Waals surface area contributed by atoms with Gasteiger partial charge in [-0.2, -0.15) is 0 Å². The summed E-state index contributed by atoms with van der Waals surface area (Å²) in [4.78, 5) is 26.5. The minimum atomic E-state index is -0.498. The molecule has 0 unspecified atom stereocenters. The summed E-state index contributed by atoms with van der Waals surface area (Å²) in [6, 6.07) is 8.62. The number of amides is 2.